The molecule has 2 aromatic rings. The monoisotopic (exact) mass is 239 g/mol. The summed E-state index contributed by atoms with van der Waals surface area (Å²) in [6.07, 6.45) is 1.61. The Bertz CT molecular complexity index is 571. The van der Waals surface area contributed by atoms with Gasteiger partial charge in [-0.25, -0.2) is 4.98 Å². The Hall–Kier alpha value is -2.61. The van der Waals surface area contributed by atoms with Crippen LogP contribution in [0.2, 0.25) is 0 Å². The van der Waals surface area contributed by atoms with E-state index in [0.29, 0.717) is 11.4 Å². The molecule has 2 rings (SSSR count). The molecule has 3 N–H and O–H groups in total. The van der Waals surface area contributed by atoms with E-state index < -0.39 is 0 Å². The number of hydrogen-bond acceptors (Lipinski definition) is 5. The Morgan fingerprint density at radius 3 is 2.61 bits per heavy atom. The van der Waals surface area contributed by atoms with E-state index >= 15 is 0 Å². The number of anilines is 2. The van der Waals surface area contributed by atoms with Crippen molar-refractivity contribution < 1.29 is 0 Å². The number of aromatic nitrogens is 2. The smallest absolute Gasteiger partial charge is 0.221 e. The minimum atomic E-state index is 0.0760. The van der Waals surface area contributed by atoms with Crippen molar-refractivity contribution in [3.63, 3.8) is 0 Å². The molecule has 0 aliphatic heterocycles. The Morgan fingerprint density at radius 1 is 1.28 bits per heavy atom. The van der Waals surface area contributed by atoms with Gasteiger partial charge in [0, 0.05) is 12.2 Å². The molecule has 0 radical (unpaired) electrons. The van der Waals surface area contributed by atoms with Gasteiger partial charge in [0.25, 0.3) is 0 Å². The zero-order valence-electron chi connectivity index (χ0n) is 9.96. The fourth-order valence-electron chi connectivity index (χ4n) is 1.61. The van der Waals surface area contributed by atoms with Crippen LogP contribution in [0.25, 0.3) is 0 Å². The number of benzene rings is 1. The van der Waals surface area contributed by atoms with E-state index in [-0.39, 0.29) is 12.0 Å². The highest BCUT2D eigenvalue weighted by Gasteiger charge is 2.06. The predicted octanol–water partition coefficient (Wildman–Crippen LogP) is 2.10. The van der Waals surface area contributed by atoms with Gasteiger partial charge in [0.1, 0.15) is 5.82 Å². The summed E-state index contributed by atoms with van der Waals surface area (Å²) in [4.78, 5) is 7.91. The number of nitriles is 1. The third kappa shape index (κ3) is 2.74. The number of nitrogen functional groups attached to an aromatic ring is 1. The quantitative estimate of drug-likeness (QED) is 0.856. The van der Waals surface area contributed by atoms with Gasteiger partial charge >= 0.3 is 0 Å². The maximum atomic E-state index is 8.74. The Kier molecular flexibility index (Phi) is 3.39. The Labute approximate surface area is 105 Å². The summed E-state index contributed by atoms with van der Waals surface area (Å²) in [7, 11) is 0. The van der Waals surface area contributed by atoms with Gasteiger partial charge in [-0.3, -0.25) is 0 Å². The van der Waals surface area contributed by atoms with Crippen LogP contribution < -0.4 is 11.1 Å². The third-order valence-corrected chi connectivity index (χ3v) is 2.58. The topological polar surface area (TPSA) is 87.6 Å². The van der Waals surface area contributed by atoms with Gasteiger partial charge in [-0.1, -0.05) is 12.1 Å². The Morgan fingerprint density at radius 2 is 2.00 bits per heavy atom. The number of nitrogens with two attached hydrogens (primary N) is 1. The fourth-order valence-corrected chi connectivity index (χ4v) is 1.61. The van der Waals surface area contributed by atoms with Crippen LogP contribution in [-0.4, -0.2) is 9.97 Å². The average molecular weight is 239 g/mol. The first-order valence-electron chi connectivity index (χ1n) is 5.54. The van der Waals surface area contributed by atoms with Crippen molar-refractivity contribution in [3.8, 4) is 6.07 Å². The molecule has 5 heteroatoms. The van der Waals surface area contributed by atoms with E-state index in [9.17, 15) is 0 Å². The van der Waals surface area contributed by atoms with E-state index in [4.69, 9.17) is 11.0 Å². The molecule has 1 aromatic carbocycles. The summed E-state index contributed by atoms with van der Waals surface area (Å²) in [6.45, 7) is 2.01. The summed E-state index contributed by atoms with van der Waals surface area (Å²) >= 11 is 0. The third-order valence-electron chi connectivity index (χ3n) is 2.58. The predicted molar refractivity (Wildman–Crippen MR) is 69.6 cm³/mol. The molecule has 0 saturated carbocycles. The zero-order valence-corrected chi connectivity index (χ0v) is 9.96. The first-order chi connectivity index (χ1) is 8.69. The van der Waals surface area contributed by atoms with Gasteiger partial charge in [-0.2, -0.15) is 10.2 Å². The van der Waals surface area contributed by atoms with Crippen LogP contribution >= 0.6 is 0 Å². The summed E-state index contributed by atoms with van der Waals surface area (Å²) < 4.78 is 0. The van der Waals surface area contributed by atoms with Crippen LogP contribution in [0.15, 0.2) is 36.5 Å². The molecule has 0 aliphatic carbocycles. The maximum Gasteiger partial charge on any atom is 0.221 e. The van der Waals surface area contributed by atoms with Gasteiger partial charge in [0.2, 0.25) is 5.95 Å². The molecular weight excluding hydrogens is 226 g/mol. The second-order valence-electron chi connectivity index (χ2n) is 3.90. The van der Waals surface area contributed by atoms with E-state index in [1.165, 1.54) is 0 Å². The number of nitrogens with zero attached hydrogens (tertiary/aromatic N) is 3. The molecule has 0 amide bonds. The van der Waals surface area contributed by atoms with Crippen molar-refractivity contribution in [3.05, 3.63) is 47.7 Å². The standard InChI is InChI=1S/C13H13N5/c1-9(11-4-2-10(8-14)3-5-11)17-12-6-7-16-13(15)18-12/h2-7,9H,1H3,(H3,15,16,17,18). The van der Waals surface area contributed by atoms with Crippen LogP contribution in [0.3, 0.4) is 0 Å². The summed E-state index contributed by atoms with van der Waals surface area (Å²) in [5.74, 6) is 0.923. The second-order valence-corrected chi connectivity index (χ2v) is 3.90. The minimum Gasteiger partial charge on any atom is -0.368 e. The van der Waals surface area contributed by atoms with Crippen LogP contribution in [0.4, 0.5) is 11.8 Å². The highest BCUT2D eigenvalue weighted by Crippen LogP contribution is 2.18. The lowest BCUT2D eigenvalue weighted by Gasteiger charge is -2.14. The molecule has 1 heterocycles. The largest absolute Gasteiger partial charge is 0.368 e. The van der Waals surface area contributed by atoms with Gasteiger partial charge in [0.05, 0.1) is 11.6 Å². The molecule has 5 nitrogen and oxygen atoms in total. The molecule has 0 bridgehead atoms. The SMILES string of the molecule is CC(Nc1ccnc(N)n1)c1ccc(C#N)cc1. The molecule has 0 fully saturated rings. The van der Waals surface area contributed by atoms with Gasteiger partial charge in [-0.15, -0.1) is 0 Å². The van der Waals surface area contributed by atoms with Crippen molar-refractivity contribution in [2.45, 2.75) is 13.0 Å². The molecule has 18 heavy (non-hydrogen) atoms. The minimum absolute atomic E-state index is 0.0760. The van der Waals surface area contributed by atoms with Gasteiger partial charge in [-0.05, 0) is 30.7 Å². The highest BCUT2D eigenvalue weighted by atomic mass is 15.1. The molecule has 90 valence electrons. The molecular formula is C13H13N5. The first kappa shape index (κ1) is 11.9. The van der Waals surface area contributed by atoms with Crippen molar-refractivity contribution in [2.24, 2.45) is 0 Å². The zero-order chi connectivity index (χ0) is 13.0. The molecule has 0 saturated heterocycles. The lowest BCUT2D eigenvalue weighted by molar-refractivity contribution is 0.873. The normalized spacial score (nSPS) is 11.6. The van der Waals surface area contributed by atoms with Gasteiger partial charge < -0.3 is 11.1 Å². The van der Waals surface area contributed by atoms with E-state index in [1.54, 1.807) is 24.4 Å². The molecule has 0 aliphatic rings. The maximum absolute atomic E-state index is 8.74. The lowest BCUT2D eigenvalue weighted by atomic mass is 10.1. The van der Waals surface area contributed by atoms with Crippen molar-refractivity contribution in [1.29, 1.82) is 5.26 Å². The number of nitrogens with one attached hydrogen (secondary N) is 1. The van der Waals surface area contributed by atoms with Crippen LogP contribution in [-0.2, 0) is 0 Å². The van der Waals surface area contributed by atoms with E-state index in [1.807, 2.05) is 19.1 Å². The molecule has 1 unspecified atom stereocenters. The van der Waals surface area contributed by atoms with Crippen LogP contribution in [0, 0.1) is 11.3 Å². The average Bonchev–Trinajstić information content (AvgIpc) is 2.39. The summed E-state index contributed by atoms with van der Waals surface area (Å²) in [5.41, 5.74) is 7.24. The van der Waals surface area contributed by atoms with Gasteiger partial charge in [0.15, 0.2) is 0 Å². The summed E-state index contributed by atoms with van der Waals surface area (Å²) in [5, 5.41) is 12.0. The second kappa shape index (κ2) is 5.15. The molecule has 1 aromatic heterocycles. The van der Waals surface area contributed by atoms with Crippen molar-refractivity contribution in [1.82, 2.24) is 9.97 Å². The van der Waals surface area contributed by atoms with Crippen LogP contribution in [0.1, 0.15) is 24.1 Å². The highest BCUT2D eigenvalue weighted by molar-refractivity contribution is 5.41. The fraction of sp³-hybridized carbons (Fsp3) is 0.154. The lowest BCUT2D eigenvalue weighted by Crippen LogP contribution is -2.09. The van der Waals surface area contributed by atoms with Crippen molar-refractivity contribution in [2.75, 3.05) is 11.1 Å². The molecule has 1 atom stereocenters. The first-order valence-corrected chi connectivity index (χ1v) is 5.54. The van der Waals surface area contributed by atoms with Crippen LogP contribution in [0.5, 0.6) is 0 Å². The van der Waals surface area contributed by atoms with E-state index in [0.717, 1.165) is 5.56 Å². The number of rotatable bonds is 3. The van der Waals surface area contributed by atoms with Crippen molar-refractivity contribution >= 4 is 11.8 Å². The summed E-state index contributed by atoms with van der Waals surface area (Å²) in [6, 6.07) is 11.4. The number of hydrogen-bond donors (Lipinski definition) is 2. The van der Waals surface area contributed by atoms with E-state index in [2.05, 4.69) is 21.4 Å². The Balaban J connectivity index is 2.12. The molecule has 0 spiro atoms.